The van der Waals surface area contributed by atoms with Gasteiger partial charge in [-0.1, -0.05) is 18.1 Å². The zero-order chi connectivity index (χ0) is 9.52. The van der Waals surface area contributed by atoms with Crippen LogP contribution in [0.2, 0.25) is 0 Å². The normalized spacial score (nSPS) is 14.7. The van der Waals surface area contributed by atoms with Gasteiger partial charge in [0.1, 0.15) is 0 Å². The Bertz CT molecular complexity index is 260. The average Bonchev–Trinajstić information content (AvgIpc) is 2.19. The largest absolute Gasteiger partial charge is 0.327 e. The van der Waals surface area contributed by atoms with Gasteiger partial charge >= 0.3 is 6.03 Å². The lowest BCUT2D eigenvalue weighted by molar-refractivity contribution is 0.204. The smallest absolute Gasteiger partial charge is 0.318 e. The third-order valence-electron chi connectivity index (χ3n) is 1.85. The second kappa shape index (κ2) is 5.26. The predicted molar refractivity (Wildman–Crippen MR) is 52.2 cm³/mol. The molecule has 0 saturated heterocycles. The van der Waals surface area contributed by atoms with Gasteiger partial charge < -0.3 is 10.2 Å². The molecule has 0 unspecified atom stereocenters. The summed E-state index contributed by atoms with van der Waals surface area (Å²) in [7, 11) is 0. The topological polar surface area (TPSA) is 32.3 Å². The molecule has 0 fully saturated rings. The van der Waals surface area contributed by atoms with Gasteiger partial charge in [0.25, 0.3) is 0 Å². The first-order chi connectivity index (χ1) is 6.34. The maximum absolute atomic E-state index is 11.4. The van der Waals surface area contributed by atoms with Crippen LogP contribution >= 0.6 is 0 Å². The summed E-state index contributed by atoms with van der Waals surface area (Å²) in [6.45, 7) is 3.72. The van der Waals surface area contributed by atoms with Crippen molar-refractivity contribution in [3.05, 3.63) is 12.2 Å². The zero-order valence-corrected chi connectivity index (χ0v) is 7.84. The fourth-order valence-electron chi connectivity index (χ4n) is 1.15. The lowest BCUT2D eigenvalue weighted by atomic mass is 10.3. The van der Waals surface area contributed by atoms with Crippen LogP contribution in [0.4, 0.5) is 4.79 Å². The molecule has 1 N–H and O–H groups in total. The number of carbonyl (C=O) groups is 1. The molecule has 3 heteroatoms. The van der Waals surface area contributed by atoms with Gasteiger partial charge in [-0.25, -0.2) is 4.79 Å². The molecule has 0 aliphatic carbocycles. The van der Waals surface area contributed by atoms with Crippen molar-refractivity contribution in [1.82, 2.24) is 10.2 Å². The van der Waals surface area contributed by atoms with E-state index in [1.807, 2.05) is 6.08 Å². The monoisotopic (exact) mass is 178 g/mol. The Morgan fingerprint density at radius 1 is 1.62 bits per heavy atom. The van der Waals surface area contributed by atoms with Gasteiger partial charge in [0.15, 0.2) is 0 Å². The van der Waals surface area contributed by atoms with Crippen molar-refractivity contribution < 1.29 is 4.79 Å². The number of nitrogens with one attached hydrogen (secondary N) is 1. The molecule has 0 bridgehead atoms. The molecule has 1 aliphatic heterocycles. The van der Waals surface area contributed by atoms with E-state index < -0.39 is 0 Å². The summed E-state index contributed by atoms with van der Waals surface area (Å²) >= 11 is 0. The van der Waals surface area contributed by atoms with Gasteiger partial charge in [-0.15, -0.1) is 5.92 Å². The Balaban J connectivity index is 2.29. The van der Waals surface area contributed by atoms with E-state index in [0.29, 0.717) is 13.1 Å². The molecule has 3 nitrogen and oxygen atoms in total. The summed E-state index contributed by atoms with van der Waals surface area (Å²) in [5.41, 5.74) is 0. The minimum absolute atomic E-state index is 0.0212. The Morgan fingerprint density at radius 2 is 2.46 bits per heavy atom. The van der Waals surface area contributed by atoms with E-state index in [4.69, 9.17) is 0 Å². The van der Waals surface area contributed by atoms with Crippen LogP contribution in [0.5, 0.6) is 0 Å². The Kier molecular flexibility index (Phi) is 3.90. The quantitative estimate of drug-likeness (QED) is 0.471. The molecule has 0 saturated carbocycles. The minimum atomic E-state index is -0.0212. The molecule has 0 aromatic heterocycles. The molecule has 1 rings (SSSR count). The van der Waals surface area contributed by atoms with Crippen LogP contribution in [0.15, 0.2) is 12.2 Å². The van der Waals surface area contributed by atoms with Gasteiger partial charge in [0.05, 0.1) is 6.54 Å². The standard InChI is InChI=1S/C10H14N2O/c1-2-3-7-11-10(13)12-8-5-4-6-9-12/h4-5H,6-9H2,1H3,(H,11,13). The number of urea groups is 1. The molecule has 13 heavy (non-hydrogen) atoms. The summed E-state index contributed by atoms with van der Waals surface area (Å²) in [6, 6.07) is -0.0212. The van der Waals surface area contributed by atoms with Crippen molar-refractivity contribution in [2.75, 3.05) is 19.6 Å². The van der Waals surface area contributed by atoms with Crippen molar-refractivity contribution in [3.63, 3.8) is 0 Å². The Morgan fingerprint density at radius 3 is 3.08 bits per heavy atom. The number of amides is 2. The molecule has 0 atom stereocenters. The molecular weight excluding hydrogens is 164 g/mol. The maximum atomic E-state index is 11.4. The van der Waals surface area contributed by atoms with Crippen molar-refractivity contribution in [2.24, 2.45) is 0 Å². The molecule has 70 valence electrons. The third kappa shape index (κ3) is 3.20. The molecule has 1 heterocycles. The number of carbonyl (C=O) groups excluding carboxylic acids is 1. The van der Waals surface area contributed by atoms with E-state index >= 15 is 0 Å². The molecule has 0 spiro atoms. The summed E-state index contributed by atoms with van der Waals surface area (Å²) in [5, 5.41) is 2.73. The van der Waals surface area contributed by atoms with Gasteiger partial charge in [0, 0.05) is 13.1 Å². The highest BCUT2D eigenvalue weighted by molar-refractivity contribution is 5.74. The fourth-order valence-corrected chi connectivity index (χ4v) is 1.15. The second-order valence-electron chi connectivity index (χ2n) is 2.79. The van der Waals surface area contributed by atoms with Crippen molar-refractivity contribution >= 4 is 6.03 Å². The molecule has 1 aliphatic rings. The predicted octanol–water partition coefficient (Wildman–Crippen LogP) is 0.981. The minimum Gasteiger partial charge on any atom is -0.327 e. The van der Waals surface area contributed by atoms with E-state index in [-0.39, 0.29) is 6.03 Å². The first-order valence-corrected chi connectivity index (χ1v) is 4.42. The third-order valence-corrected chi connectivity index (χ3v) is 1.85. The number of nitrogens with zero attached hydrogens (tertiary/aromatic N) is 1. The number of hydrogen-bond donors (Lipinski definition) is 1. The molecule has 0 aromatic rings. The number of hydrogen-bond acceptors (Lipinski definition) is 1. The van der Waals surface area contributed by atoms with Crippen molar-refractivity contribution in [2.45, 2.75) is 13.3 Å². The summed E-state index contributed by atoms with van der Waals surface area (Å²) in [4.78, 5) is 13.2. The van der Waals surface area contributed by atoms with E-state index in [0.717, 1.165) is 13.0 Å². The van der Waals surface area contributed by atoms with Crippen LogP contribution in [-0.2, 0) is 0 Å². The van der Waals surface area contributed by atoms with Crippen LogP contribution in [0.1, 0.15) is 13.3 Å². The average molecular weight is 178 g/mol. The van der Waals surface area contributed by atoms with E-state index in [1.54, 1.807) is 11.8 Å². The lowest BCUT2D eigenvalue weighted by Crippen LogP contribution is -2.41. The highest BCUT2D eigenvalue weighted by atomic mass is 16.2. The fraction of sp³-hybridized carbons (Fsp3) is 0.500. The van der Waals surface area contributed by atoms with Gasteiger partial charge in [-0.3, -0.25) is 0 Å². The highest BCUT2D eigenvalue weighted by Gasteiger charge is 2.11. The van der Waals surface area contributed by atoms with Crippen LogP contribution < -0.4 is 5.32 Å². The van der Waals surface area contributed by atoms with Crippen LogP contribution in [0, 0.1) is 11.8 Å². The van der Waals surface area contributed by atoms with Crippen LogP contribution in [-0.4, -0.2) is 30.6 Å². The van der Waals surface area contributed by atoms with E-state index in [1.165, 1.54) is 0 Å². The molecule has 0 radical (unpaired) electrons. The zero-order valence-electron chi connectivity index (χ0n) is 7.84. The highest BCUT2D eigenvalue weighted by Crippen LogP contribution is 2.00. The number of rotatable bonds is 1. The first-order valence-electron chi connectivity index (χ1n) is 4.42. The van der Waals surface area contributed by atoms with Crippen LogP contribution in [0.25, 0.3) is 0 Å². The van der Waals surface area contributed by atoms with Crippen LogP contribution in [0.3, 0.4) is 0 Å². The van der Waals surface area contributed by atoms with Gasteiger partial charge in [-0.05, 0) is 13.3 Å². The van der Waals surface area contributed by atoms with Crippen molar-refractivity contribution in [1.29, 1.82) is 0 Å². The Hall–Kier alpha value is -1.43. The van der Waals surface area contributed by atoms with Gasteiger partial charge in [-0.2, -0.15) is 0 Å². The lowest BCUT2D eigenvalue weighted by Gasteiger charge is -2.22. The van der Waals surface area contributed by atoms with E-state index in [9.17, 15) is 4.79 Å². The van der Waals surface area contributed by atoms with Crippen molar-refractivity contribution in [3.8, 4) is 11.8 Å². The first kappa shape index (κ1) is 9.66. The molecule has 0 aromatic carbocycles. The SMILES string of the molecule is CC#CCNC(=O)N1CC=CCC1. The Labute approximate surface area is 78.8 Å². The van der Waals surface area contributed by atoms with Gasteiger partial charge in [0.2, 0.25) is 0 Å². The summed E-state index contributed by atoms with van der Waals surface area (Å²) in [5.74, 6) is 5.52. The van der Waals surface area contributed by atoms with E-state index in [2.05, 4.69) is 23.2 Å². The molecule has 2 amide bonds. The summed E-state index contributed by atoms with van der Waals surface area (Å²) in [6.07, 6.45) is 5.05. The second-order valence-corrected chi connectivity index (χ2v) is 2.79. The molecular formula is C10H14N2O. The maximum Gasteiger partial charge on any atom is 0.318 e. The summed E-state index contributed by atoms with van der Waals surface area (Å²) < 4.78 is 0.